The van der Waals surface area contributed by atoms with E-state index >= 15 is 0 Å². The summed E-state index contributed by atoms with van der Waals surface area (Å²) < 4.78 is 5.54. The van der Waals surface area contributed by atoms with Crippen LogP contribution in [0.5, 0.6) is 5.75 Å². The van der Waals surface area contributed by atoms with Gasteiger partial charge in [0.25, 0.3) is 0 Å². The van der Waals surface area contributed by atoms with E-state index < -0.39 is 0 Å². The van der Waals surface area contributed by atoms with E-state index in [0.717, 1.165) is 25.4 Å². The molecule has 1 aliphatic rings. The highest BCUT2D eigenvalue weighted by Crippen LogP contribution is 2.10. The molecular formula is C14H21ClN2O2. The maximum atomic E-state index is 12.0. The van der Waals surface area contributed by atoms with Crippen LogP contribution in [0.2, 0.25) is 0 Å². The van der Waals surface area contributed by atoms with E-state index in [0.29, 0.717) is 13.0 Å². The molecule has 0 unspecified atom stereocenters. The lowest BCUT2D eigenvalue weighted by molar-refractivity contribution is -0.134. The predicted molar refractivity (Wildman–Crippen MR) is 77.8 cm³/mol. The van der Waals surface area contributed by atoms with Gasteiger partial charge in [-0.05, 0) is 19.1 Å². The number of para-hydroxylation sites is 1. The van der Waals surface area contributed by atoms with Gasteiger partial charge in [-0.1, -0.05) is 18.2 Å². The Kier molecular flexibility index (Phi) is 6.67. The van der Waals surface area contributed by atoms with Gasteiger partial charge in [0.05, 0.1) is 13.0 Å². The highest BCUT2D eigenvalue weighted by atomic mass is 35.5. The summed E-state index contributed by atoms with van der Waals surface area (Å²) in [5.41, 5.74) is 0. The molecule has 1 aromatic carbocycles. The van der Waals surface area contributed by atoms with Gasteiger partial charge in [-0.2, -0.15) is 0 Å². The topological polar surface area (TPSA) is 41.6 Å². The van der Waals surface area contributed by atoms with Crippen LogP contribution in [0, 0.1) is 0 Å². The van der Waals surface area contributed by atoms with Crippen LogP contribution in [0.4, 0.5) is 0 Å². The summed E-state index contributed by atoms with van der Waals surface area (Å²) in [7, 11) is 0. The molecule has 1 aliphatic heterocycles. The third kappa shape index (κ3) is 4.73. The number of carbonyl (C=O) groups excluding carboxylic acids is 1. The van der Waals surface area contributed by atoms with Crippen molar-refractivity contribution in [3.05, 3.63) is 30.3 Å². The SMILES string of the molecule is C[C@H]1CNCCN1C(=O)CCOc1ccccc1.Cl. The summed E-state index contributed by atoms with van der Waals surface area (Å²) in [5, 5.41) is 3.28. The highest BCUT2D eigenvalue weighted by Gasteiger charge is 2.22. The fourth-order valence-corrected chi connectivity index (χ4v) is 2.13. The largest absolute Gasteiger partial charge is 0.493 e. The van der Waals surface area contributed by atoms with Gasteiger partial charge in [-0.25, -0.2) is 0 Å². The Morgan fingerprint density at radius 2 is 2.16 bits per heavy atom. The van der Waals surface area contributed by atoms with Gasteiger partial charge < -0.3 is 15.0 Å². The standard InChI is InChI=1S/C14H20N2O2.ClH/c1-12-11-15-8-9-16(12)14(17)7-10-18-13-5-3-2-4-6-13;/h2-6,12,15H,7-11H2,1H3;1H/t12-;/m0./s1. The van der Waals surface area contributed by atoms with Crippen LogP contribution < -0.4 is 10.1 Å². The van der Waals surface area contributed by atoms with E-state index in [2.05, 4.69) is 12.2 Å². The zero-order valence-electron chi connectivity index (χ0n) is 11.2. The molecule has 0 saturated carbocycles. The maximum absolute atomic E-state index is 12.0. The Hall–Kier alpha value is -1.26. The van der Waals surface area contributed by atoms with Crippen LogP contribution in [0.15, 0.2) is 30.3 Å². The van der Waals surface area contributed by atoms with Crippen LogP contribution in [0.25, 0.3) is 0 Å². The van der Waals surface area contributed by atoms with Crippen LogP contribution in [-0.4, -0.2) is 43.1 Å². The van der Waals surface area contributed by atoms with Gasteiger partial charge in [-0.15, -0.1) is 12.4 Å². The summed E-state index contributed by atoms with van der Waals surface area (Å²) >= 11 is 0. The summed E-state index contributed by atoms with van der Waals surface area (Å²) in [4.78, 5) is 14.0. The van der Waals surface area contributed by atoms with Crippen molar-refractivity contribution in [2.24, 2.45) is 0 Å². The monoisotopic (exact) mass is 284 g/mol. The lowest BCUT2D eigenvalue weighted by atomic mass is 10.2. The number of nitrogens with one attached hydrogen (secondary N) is 1. The quantitative estimate of drug-likeness (QED) is 0.915. The van der Waals surface area contributed by atoms with Gasteiger partial charge in [-0.3, -0.25) is 4.79 Å². The number of hydrogen-bond acceptors (Lipinski definition) is 3. The first kappa shape index (κ1) is 15.8. The zero-order chi connectivity index (χ0) is 12.8. The van der Waals surface area contributed by atoms with Gasteiger partial charge in [0.1, 0.15) is 5.75 Å². The second kappa shape index (κ2) is 8.02. The van der Waals surface area contributed by atoms with E-state index in [1.54, 1.807) is 0 Å². The summed E-state index contributed by atoms with van der Waals surface area (Å²) in [5.74, 6) is 0.999. The third-order valence-electron chi connectivity index (χ3n) is 3.15. The fourth-order valence-electron chi connectivity index (χ4n) is 2.13. The second-order valence-corrected chi connectivity index (χ2v) is 4.55. The Bertz CT molecular complexity index is 386. The molecule has 0 bridgehead atoms. The van der Waals surface area contributed by atoms with Crippen molar-refractivity contribution in [2.75, 3.05) is 26.2 Å². The Morgan fingerprint density at radius 1 is 1.42 bits per heavy atom. The van der Waals surface area contributed by atoms with Crippen molar-refractivity contribution in [1.82, 2.24) is 10.2 Å². The minimum Gasteiger partial charge on any atom is -0.493 e. The zero-order valence-corrected chi connectivity index (χ0v) is 12.0. The normalized spacial score (nSPS) is 18.6. The molecule has 0 aromatic heterocycles. The minimum absolute atomic E-state index is 0. The molecule has 4 nitrogen and oxygen atoms in total. The van der Waals surface area contributed by atoms with Crippen molar-refractivity contribution < 1.29 is 9.53 Å². The number of rotatable bonds is 4. The van der Waals surface area contributed by atoms with Crippen molar-refractivity contribution in [3.8, 4) is 5.75 Å². The average Bonchev–Trinajstić information content (AvgIpc) is 2.40. The molecule has 1 saturated heterocycles. The van der Waals surface area contributed by atoms with Crippen molar-refractivity contribution in [3.63, 3.8) is 0 Å². The number of amides is 1. The Labute approximate surface area is 120 Å². The molecule has 1 heterocycles. The molecule has 1 fully saturated rings. The molecule has 0 spiro atoms. The lowest BCUT2D eigenvalue weighted by Gasteiger charge is -2.34. The molecule has 106 valence electrons. The van der Waals surface area contributed by atoms with Crippen molar-refractivity contribution >= 4 is 18.3 Å². The summed E-state index contributed by atoms with van der Waals surface area (Å²) in [6, 6.07) is 9.88. The summed E-state index contributed by atoms with van der Waals surface area (Å²) in [6.45, 7) is 5.08. The molecule has 2 rings (SSSR count). The molecule has 0 aliphatic carbocycles. The van der Waals surface area contributed by atoms with Gasteiger partial charge >= 0.3 is 0 Å². The van der Waals surface area contributed by atoms with E-state index in [1.165, 1.54) is 0 Å². The summed E-state index contributed by atoms with van der Waals surface area (Å²) in [6.07, 6.45) is 0.444. The lowest BCUT2D eigenvalue weighted by Crippen LogP contribution is -2.52. The van der Waals surface area contributed by atoms with Crippen LogP contribution in [0.3, 0.4) is 0 Å². The molecular weight excluding hydrogens is 264 g/mol. The van der Waals surface area contributed by atoms with E-state index in [4.69, 9.17) is 4.74 Å². The number of halogens is 1. The van der Waals surface area contributed by atoms with Gasteiger partial charge in [0.15, 0.2) is 0 Å². The fraction of sp³-hybridized carbons (Fsp3) is 0.500. The Morgan fingerprint density at radius 3 is 2.84 bits per heavy atom. The molecule has 0 radical (unpaired) electrons. The number of ether oxygens (including phenoxy) is 1. The molecule has 5 heteroatoms. The molecule has 19 heavy (non-hydrogen) atoms. The average molecular weight is 285 g/mol. The first-order valence-corrected chi connectivity index (χ1v) is 6.45. The maximum Gasteiger partial charge on any atom is 0.226 e. The predicted octanol–water partition coefficient (Wildman–Crippen LogP) is 1.70. The third-order valence-corrected chi connectivity index (χ3v) is 3.15. The number of piperazine rings is 1. The van der Waals surface area contributed by atoms with Crippen LogP contribution in [0.1, 0.15) is 13.3 Å². The smallest absolute Gasteiger partial charge is 0.226 e. The van der Waals surface area contributed by atoms with Gasteiger partial charge in [0.2, 0.25) is 5.91 Å². The molecule has 1 amide bonds. The second-order valence-electron chi connectivity index (χ2n) is 4.55. The number of nitrogens with zero attached hydrogens (tertiary/aromatic N) is 1. The van der Waals surface area contributed by atoms with Crippen LogP contribution in [-0.2, 0) is 4.79 Å². The Balaban J connectivity index is 0.00000180. The number of benzene rings is 1. The van der Waals surface area contributed by atoms with E-state index in [1.807, 2.05) is 35.2 Å². The number of carbonyl (C=O) groups is 1. The molecule has 1 atom stereocenters. The first-order valence-electron chi connectivity index (χ1n) is 6.45. The molecule has 1 N–H and O–H groups in total. The van der Waals surface area contributed by atoms with Crippen molar-refractivity contribution in [2.45, 2.75) is 19.4 Å². The van der Waals surface area contributed by atoms with Gasteiger partial charge in [0, 0.05) is 25.7 Å². The van der Waals surface area contributed by atoms with Crippen LogP contribution >= 0.6 is 12.4 Å². The van der Waals surface area contributed by atoms with Crippen molar-refractivity contribution in [1.29, 1.82) is 0 Å². The minimum atomic E-state index is 0. The van der Waals surface area contributed by atoms with E-state index in [9.17, 15) is 4.79 Å². The highest BCUT2D eigenvalue weighted by molar-refractivity contribution is 5.85. The number of hydrogen-bond donors (Lipinski definition) is 1. The first-order chi connectivity index (χ1) is 8.77. The van der Waals surface area contributed by atoms with E-state index in [-0.39, 0.29) is 24.4 Å². The molecule has 1 aromatic rings.